The molecule has 2 unspecified atom stereocenters. The Kier molecular flexibility index (Phi) is 14.1. The van der Waals surface area contributed by atoms with Gasteiger partial charge in [-0.25, -0.2) is 9.97 Å². The van der Waals surface area contributed by atoms with Gasteiger partial charge in [0, 0.05) is 57.9 Å². The summed E-state index contributed by atoms with van der Waals surface area (Å²) in [6, 6.07) is 57.3. The molecular formula is C46H43N7P2. The van der Waals surface area contributed by atoms with E-state index in [4.69, 9.17) is 0 Å². The van der Waals surface area contributed by atoms with Crippen LogP contribution in [-0.2, 0) is 0 Å². The van der Waals surface area contributed by atoms with Gasteiger partial charge in [-0.3, -0.25) is 4.99 Å². The third kappa shape index (κ3) is 11.5. The normalized spacial score (nSPS) is 11.3. The van der Waals surface area contributed by atoms with Crippen molar-refractivity contribution < 1.29 is 0 Å². The van der Waals surface area contributed by atoms with Crippen molar-refractivity contribution in [1.82, 2.24) is 9.97 Å². The van der Waals surface area contributed by atoms with E-state index in [1.165, 1.54) is 0 Å². The van der Waals surface area contributed by atoms with Crippen LogP contribution in [-0.4, -0.2) is 15.4 Å². The number of allylic oxidation sites excluding steroid dienone is 2. The first kappa shape index (κ1) is 38.3. The van der Waals surface area contributed by atoms with E-state index in [0.29, 0.717) is 0 Å². The van der Waals surface area contributed by atoms with Gasteiger partial charge in [0.05, 0.1) is 31.5 Å². The Morgan fingerprint density at radius 1 is 0.600 bits per heavy atom. The first-order valence-electron chi connectivity index (χ1n) is 17.8. The average molecular weight is 756 g/mol. The van der Waals surface area contributed by atoms with Crippen molar-refractivity contribution in [2.75, 3.05) is 20.6 Å². The zero-order valence-corrected chi connectivity index (χ0v) is 32.7. The van der Waals surface area contributed by atoms with Crippen LogP contribution in [0.4, 0.5) is 45.5 Å². The molecule has 0 saturated carbocycles. The smallest absolute Gasteiger partial charge is 0.168 e. The fraction of sp³-hybridized carbons (Fsp3) is 0.0217. The molecule has 3 N–H and O–H groups in total. The van der Waals surface area contributed by atoms with Crippen LogP contribution < -0.4 is 26.2 Å². The number of hydrogen-bond acceptors (Lipinski definition) is 7. The Morgan fingerprint density at radius 2 is 1.02 bits per heavy atom. The Bertz CT molecular complexity index is 2240. The van der Waals surface area contributed by atoms with Gasteiger partial charge in [-0.05, 0) is 79.7 Å². The second-order valence-electron chi connectivity index (χ2n) is 12.2. The van der Waals surface area contributed by atoms with Crippen molar-refractivity contribution in [2.24, 2.45) is 4.99 Å². The van der Waals surface area contributed by atoms with E-state index < -0.39 is 0 Å². The molecule has 0 aliphatic rings. The Labute approximate surface area is 328 Å². The van der Waals surface area contributed by atoms with E-state index >= 15 is 0 Å². The van der Waals surface area contributed by atoms with Crippen molar-refractivity contribution in [3.63, 3.8) is 0 Å². The van der Waals surface area contributed by atoms with E-state index in [1.54, 1.807) is 12.3 Å². The lowest BCUT2D eigenvalue weighted by Gasteiger charge is -2.26. The SMILES string of the molecule is C=C/C(=C\N=C(C)P)c1cnc(PN(c2ccccc2)c2ccccc2Nc2ccccc2)nc1.c1ccc(Nc2ccccc2Nc2ccccc2)cc1. The molecule has 0 aliphatic carbocycles. The largest absolute Gasteiger partial charge is 0.354 e. The van der Waals surface area contributed by atoms with Crippen LogP contribution in [0, 0.1) is 0 Å². The van der Waals surface area contributed by atoms with Crippen molar-refractivity contribution in [3.8, 4) is 0 Å². The minimum atomic E-state index is 0.190. The number of rotatable bonds is 13. The van der Waals surface area contributed by atoms with Crippen LogP contribution in [0.2, 0.25) is 0 Å². The zero-order chi connectivity index (χ0) is 38.1. The fourth-order valence-corrected chi connectivity index (χ4v) is 6.51. The second-order valence-corrected chi connectivity index (χ2v) is 14.1. The summed E-state index contributed by atoms with van der Waals surface area (Å²) in [7, 11) is 2.76. The first-order valence-corrected chi connectivity index (χ1v) is 19.3. The molecule has 7 nitrogen and oxygen atoms in total. The topological polar surface area (TPSA) is 77.5 Å². The molecule has 0 bridgehead atoms. The lowest BCUT2D eigenvalue weighted by atomic mass is 10.1. The highest BCUT2D eigenvalue weighted by molar-refractivity contribution is 7.49. The molecule has 0 spiro atoms. The standard InChI is InChI=1S/C28H27N5P2.C18H16N2/c1-3-22(18-29-21(2)34)23-19-30-28(31-20-23)35-33(25-14-8-5-9-15-25)27-17-11-10-16-26(27)32-24-12-6-4-7-13-24;1-3-9-15(10-4-1)19-17-13-7-8-14-18(17)20-16-11-5-2-6-12-16/h3-20,32,35H,1,34H2,2H3;1-14,19-20H/b22-18+,29-21?;. The molecule has 0 fully saturated rings. The number of para-hydroxylation sites is 8. The van der Waals surface area contributed by atoms with Gasteiger partial charge in [0.2, 0.25) is 0 Å². The summed E-state index contributed by atoms with van der Waals surface area (Å²) in [5.41, 5.74) is 11.8. The van der Waals surface area contributed by atoms with Crippen LogP contribution in [0.3, 0.4) is 0 Å². The van der Waals surface area contributed by atoms with Crippen LogP contribution in [0.5, 0.6) is 0 Å². The number of nitrogens with zero attached hydrogens (tertiary/aromatic N) is 4. The fourth-order valence-electron chi connectivity index (χ4n) is 5.40. The second kappa shape index (κ2) is 20.2. The van der Waals surface area contributed by atoms with Gasteiger partial charge in [0.25, 0.3) is 0 Å². The maximum atomic E-state index is 4.68. The minimum absolute atomic E-state index is 0.190. The molecule has 0 amide bonds. The van der Waals surface area contributed by atoms with E-state index in [-0.39, 0.29) is 8.73 Å². The summed E-state index contributed by atoms with van der Waals surface area (Å²) in [5, 5.41) is 10.4. The highest BCUT2D eigenvalue weighted by Crippen LogP contribution is 2.40. The number of aliphatic imine (C=N–C) groups is 1. The van der Waals surface area contributed by atoms with E-state index in [0.717, 1.165) is 67.7 Å². The molecule has 2 atom stereocenters. The molecule has 1 heterocycles. The van der Waals surface area contributed by atoms with E-state index in [2.05, 4.69) is 124 Å². The van der Waals surface area contributed by atoms with Crippen LogP contribution in [0.15, 0.2) is 206 Å². The van der Waals surface area contributed by atoms with Gasteiger partial charge in [0.1, 0.15) is 0 Å². The third-order valence-electron chi connectivity index (χ3n) is 8.07. The zero-order valence-electron chi connectivity index (χ0n) is 30.5. The summed E-state index contributed by atoms with van der Waals surface area (Å²) >= 11 is 0. The van der Waals surface area contributed by atoms with Gasteiger partial charge in [-0.1, -0.05) is 119 Å². The van der Waals surface area contributed by atoms with Gasteiger partial charge in [0.15, 0.2) is 5.57 Å². The average Bonchev–Trinajstić information content (AvgIpc) is 3.23. The lowest BCUT2D eigenvalue weighted by Crippen LogP contribution is -2.16. The van der Waals surface area contributed by atoms with Crippen LogP contribution >= 0.6 is 18.0 Å². The van der Waals surface area contributed by atoms with Crippen molar-refractivity contribution >= 4 is 80.1 Å². The molecule has 9 heteroatoms. The third-order valence-corrected chi connectivity index (χ3v) is 9.40. The van der Waals surface area contributed by atoms with Crippen LogP contribution in [0.25, 0.3) is 5.57 Å². The van der Waals surface area contributed by atoms with Gasteiger partial charge in [-0.15, -0.1) is 0 Å². The van der Waals surface area contributed by atoms with Crippen molar-refractivity contribution in [3.05, 3.63) is 207 Å². The number of anilines is 8. The molecule has 55 heavy (non-hydrogen) atoms. The predicted octanol–water partition coefficient (Wildman–Crippen LogP) is 12.3. The Morgan fingerprint density at radius 3 is 1.49 bits per heavy atom. The van der Waals surface area contributed by atoms with Crippen LogP contribution in [0.1, 0.15) is 12.5 Å². The molecule has 0 radical (unpaired) electrons. The van der Waals surface area contributed by atoms with E-state index in [9.17, 15) is 0 Å². The summed E-state index contributed by atoms with van der Waals surface area (Å²) in [6.07, 6.45) is 7.19. The lowest BCUT2D eigenvalue weighted by molar-refractivity contribution is 1.22. The minimum Gasteiger partial charge on any atom is -0.354 e. The number of benzene rings is 6. The molecular weight excluding hydrogens is 713 g/mol. The molecule has 272 valence electrons. The molecule has 1 aromatic heterocycles. The number of aromatic nitrogens is 2. The maximum absolute atomic E-state index is 4.68. The van der Waals surface area contributed by atoms with Gasteiger partial charge < -0.3 is 20.6 Å². The van der Waals surface area contributed by atoms with Crippen molar-refractivity contribution in [1.29, 1.82) is 0 Å². The van der Waals surface area contributed by atoms with Crippen molar-refractivity contribution in [2.45, 2.75) is 6.92 Å². The molecule has 6 aromatic carbocycles. The Hall–Kier alpha value is -6.39. The summed E-state index contributed by atoms with van der Waals surface area (Å²) in [5.74, 6) is 0. The summed E-state index contributed by atoms with van der Waals surface area (Å²) in [4.78, 5) is 13.7. The predicted molar refractivity (Wildman–Crippen MR) is 242 cm³/mol. The first-order chi connectivity index (χ1) is 27.1. The molecule has 7 aromatic rings. The highest BCUT2D eigenvalue weighted by Gasteiger charge is 2.16. The summed E-state index contributed by atoms with van der Waals surface area (Å²) in [6.45, 7) is 5.82. The molecule has 0 saturated heterocycles. The van der Waals surface area contributed by atoms with E-state index in [1.807, 2.05) is 116 Å². The number of nitrogens with one attached hydrogen (secondary N) is 3. The molecule has 0 aliphatic heterocycles. The van der Waals surface area contributed by atoms with Gasteiger partial charge in [-0.2, -0.15) is 0 Å². The monoisotopic (exact) mass is 755 g/mol. The number of hydrogen-bond donors (Lipinski definition) is 3. The Balaban J connectivity index is 0.000000217. The maximum Gasteiger partial charge on any atom is 0.168 e. The highest BCUT2D eigenvalue weighted by atomic mass is 31.1. The quantitative estimate of drug-likeness (QED) is 0.0618. The summed E-state index contributed by atoms with van der Waals surface area (Å²) < 4.78 is 2.24. The molecule has 7 rings (SSSR count). The van der Waals surface area contributed by atoms with Gasteiger partial charge >= 0.3 is 0 Å².